The Morgan fingerprint density at radius 2 is 2.17 bits per heavy atom. The molecule has 3 heterocycles. The van der Waals surface area contributed by atoms with Gasteiger partial charge >= 0.3 is 0 Å². The van der Waals surface area contributed by atoms with Crippen LogP contribution in [0.4, 0.5) is 5.69 Å². The second-order valence-electron chi connectivity index (χ2n) is 7.11. The summed E-state index contributed by atoms with van der Waals surface area (Å²) in [5.74, 6) is 2.52. The van der Waals surface area contributed by atoms with Crippen LogP contribution < -0.4 is 25.1 Å². The molecular formula is C17H22N4O3. The molecule has 1 aromatic rings. The van der Waals surface area contributed by atoms with E-state index in [0.29, 0.717) is 18.4 Å². The van der Waals surface area contributed by atoms with Crippen molar-refractivity contribution in [2.24, 2.45) is 5.10 Å². The van der Waals surface area contributed by atoms with Gasteiger partial charge in [0.25, 0.3) is 5.91 Å². The first kappa shape index (κ1) is 15.3. The number of amides is 1. The molecule has 1 aromatic carbocycles. The molecule has 24 heavy (non-hydrogen) atoms. The first-order valence-corrected chi connectivity index (χ1v) is 8.29. The number of carbonyl (C=O) groups excluding carboxylic acids is 1. The SMILES string of the molecule is CC(C)c1cc2c(cc1OC1(C)CNC1)N1CC(=O)NN=C1CO2. The molecule has 4 rings (SSSR count). The number of fused-ring (bicyclic) bond motifs is 3. The van der Waals surface area contributed by atoms with E-state index in [1.54, 1.807) is 0 Å². The fourth-order valence-corrected chi connectivity index (χ4v) is 3.18. The number of nitrogens with zero attached hydrogens (tertiary/aromatic N) is 2. The predicted octanol–water partition coefficient (Wildman–Crippen LogP) is 1.19. The summed E-state index contributed by atoms with van der Waals surface area (Å²) in [6.07, 6.45) is 0. The number of benzene rings is 1. The van der Waals surface area contributed by atoms with Crippen LogP contribution in [0.5, 0.6) is 11.5 Å². The molecule has 0 atom stereocenters. The molecule has 0 bridgehead atoms. The van der Waals surface area contributed by atoms with Gasteiger partial charge in [0.2, 0.25) is 0 Å². The third kappa shape index (κ3) is 2.49. The van der Waals surface area contributed by atoms with E-state index in [-0.39, 0.29) is 18.1 Å². The maximum absolute atomic E-state index is 11.7. The Bertz CT molecular complexity index is 725. The molecule has 1 fully saturated rings. The van der Waals surface area contributed by atoms with E-state index < -0.39 is 0 Å². The van der Waals surface area contributed by atoms with Crippen molar-refractivity contribution in [2.75, 3.05) is 31.1 Å². The quantitative estimate of drug-likeness (QED) is 0.871. The summed E-state index contributed by atoms with van der Waals surface area (Å²) < 4.78 is 12.2. The normalized spacial score (nSPS) is 21.1. The van der Waals surface area contributed by atoms with Gasteiger partial charge in [-0.05, 0) is 18.9 Å². The predicted molar refractivity (Wildman–Crippen MR) is 90.9 cm³/mol. The van der Waals surface area contributed by atoms with Crippen molar-refractivity contribution in [1.82, 2.24) is 10.7 Å². The Balaban J connectivity index is 1.76. The highest BCUT2D eigenvalue weighted by Crippen LogP contribution is 2.42. The second kappa shape index (κ2) is 5.37. The molecular weight excluding hydrogens is 308 g/mol. The number of hydrogen-bond acceptors (Lipinski definition) is 6. The number of anilines is 1. The van der Waals surface area contributed by atoms with Gasteiger partial charge in [-0.3, -0.25) is 4.79 Å². The van der Waals surface area contributed by atoms with E-state index >= 15 is 0 Å². The number of hydrazone groups is 1. The third-order valence-electron chi connectivity index (χ3n) is 4.64. The number of rotatable bonds is 3. The van der Waals surface area contributed by atoms with Crippen molar-refractivity contribution < 1.29 is 14.3 Å². The van der Waals surface area contributed by atoms with Crippen molar-refractivity contribution >= 4 is 17.4 Å². The van der Waals surface area contributed by atoms with Crippen molar-refractivity contribution in [3.63, 3.8) is 0 Å². The molecule has 1 amide bonds. The van der Waals surface area contributed by atoms with E-state index in [2.05, 4.69) is 36.6 Å². The highest BCUT2D eigenvalue weighted by Gasteiger charge is 2.36. The lowest BCUT2D eigenvalue weighted by Gasteiger charge is -2.41. The molecule has 3 aliphatic heterocycles. The maximum atomic E-state index is 11.7. The fourth-order valence-electron chi connectivity index (χ4n) is 3.18. The van der Waals surface area contributed by atoms with Crippen LogP contribution in [0.15, 0.2) is 17.2 Å². The van der Waals surface area contributed by atoms with Crippen LogP contribution in [0.1, 0.15) is 32.3 Å². The molecule has 7 heteroatoms. The van der Waals surface area contributed by atoms with Crippen molar-refractivity contribution in [1.29, 1.82) is 0 Å². The molecule has 0 radical (unpaired) electrons. The van der Waals surface area contributed by atoms with E-state index in [1.807, 2.05) is 17.0 Å². The molecule has 3 aliphatic rings. The van der Waals surface area contributed by atoms with E-state index in [4.69, 9.17) is 9.47 Å². The molecule has 7 nitrogen and oxygen atoms in total. The number of hydrogen-bond donors (Lipinski definition) is 2. The minimum atomic E-state index is -0.191. The molecule has 0 spiro atoms. The molecule has 0 aromatic heterocycles. The molecule has 128 valence electrons. The van der Waals surface area contributed by atoms with Crippen LogP contribution >= 0.6 is 0 Å². The monoisotopic (exact) mass is 330 g/mol. The highest BCUT2D eigenvalue weighted by molar-refractivity contribution is 6.07. The van der Waals surface area contributed by atoms with Crippen LogP contribution in [0.3, 0.4) is 0 Å². The van der Waals surface area contributed by atoms with Crippen molar-refractivity contribution in [2.45, 2.75) is 32.3 Å². The van der Waals surface area contributed by atoms with Crippen LogP contribution in [0, 0.1) is 0 Å². The van der Waals surface area contributed by atoms with Gasteiger partial charge in [0.05, 0.1) is 5.69 Å². The van der Waals surface area contributed by atoms with Crippen LogP contribution in [-0.4, -0.2) is 43.6 Å². The van der Waals surface area contributed by atoms with Gasteiger partial charge in [-0.15, -0.1) is 0 Å². The minimum Gasteiger partial charge on any atom is -0.485 e. The van der Waals surface area contributed by atoms with Gasteiger partial charge in [-0.25, -0.2) is 5.43 Å². The Labute approximate surface area is 141 Å². The molecule has 0 unspecified atom stereocenters. The van der Waals surface area contributed by atoms with Crippen molar-refractivity contribution in [3.8, 4) is 11.5 Å². The average Bonchev–Trinajstić information content (AvgIpc) is 2.52. The summed E-state index contributed by atoms with van der Waals surface area (Å²) >= 11 is 0. The van der Waals surface area contributed by atoms with E-state index in [9.17, 15) is 4.79 Å². The first-order valence-electron chi connectivity index (χ1n) is 8.29. The van der Waals surface area contributed by atoms with Crippen molar-refractivity contribution in [3.05, 3.63) is 17.7 Å². The Kier molecular flexibility index (Phi) is 3.42. The zero-order valence-electron chi connectivity index (χ0n) is 14.2. The lowest BCUT2D eigenvalue weighted by molar-refractivity contribution is -0.119. The lowest BCUT2D eigenvalue weighted by Crippen LogP contribution is -2.61. The smallest absolute Gasteiger partial charge is 0.260 e. The fraction of sp³-hybridized carbons (Fsp3) is 0.529. The molecule has 0 aliphatic carbocycles. The Morgan fingerprint density at radius 1 is 1.38 bits per heavy atom. The van der Waals surface area contributed by atoms with Crippen LogP contribution in [0.25, 0.3) is 0 Å². The maximum Gasteiger partial charge on any atom is 0.260 e. The third-order valence-corrected chi connectivity index (χ3v) is 4.64. The zero-order valence-corrected chi connectivity index (χ0v) is 14.2. The van der Waals surface area contributed by atoms with Gasteiger partial charge in [0.1, 0.15) is 30.3 Å². The summed E-state index contributed by atoms with van der Waals surface area (Å²) in [6.45, 7) is 8.64. The summed E-state index contributed by atoms with van der Waals surface area (Å²) in [7, 11) is 0. The zero-order chi connectivity index (χ0) is 16.9. The number of carbonyl (C=O) groups is 1. The topological polar surface area (TPSA) is 75.2 Å². The Hall–Kier alpha value is -2.28. The molecule has 1 saturated heterocycles. The van der Waals surface area contributed by atoms with Gasteiger partial charge < -0.3 is 19.7 Å². The molecule has 0 saturated carbocycles. The first-order chi connectivity index (χ1) is 11.5. The molecule has 2 N–H and O–H groups in total. The van der Waals surface area contributed by atoms with Gasteiger partial charge in [-0.1, -0.05) is 13.8 Å². The van der Waals surface area contributed by atoms with Gasteiger partial charge in [0, 0.05) is 24.7 Å². The highest BCUT2D eigenvalue weighted by atomic mass is 16.5. The van der Waals surface area contributed by atoms with E-state index in [1.165, 1.54) is 0 Å². The van der Waals surface area contributed by atoms with Crippen LogP contribution in [0.2, 0.25) is 0 Å². The summed E-state index contributed by atoms with van der Waals surface area (Å²) in [6, 6.07) is 4.02. The number of nitrogens with one attached hydrogen (secondary N) is 2. The standard InChI is InChI=1S/C17H22N4O3/c1-10(2)11-4-14-12(5-13(11)24-17(3)8-18-9-17)21-6-16(22)20-19-15(21)7-23-14/h4-5,10,18H,6-9H2,1-3H3,(H,20,22). The number of ether oxygens (including phenoxy) is 2. The summed E-state index contributed by atoms with van der Waals surface area (Å²) in [5.41, 5.74) is 4.26. The average molecular weight is 330 g/mol. The Morgan fingerprint density at radius 3 is 2.83 bits per heavy atom. The number of amidine groups is 1. The minimum absolute atomic E-state index is 0.128. The largest absolute Gasteiger partial charge is 0.485 e. The lowest BCUT2D eigenvalue weighted by atomic mass is 9.97. The summed E-state index contributed by atoms with van der Waals surface area (Å²) in [4.78, 5) is 13.6. The summed E-state index contributed by atoms with van der Waals surface area (Å²) in [5, 5.41) is 7.34. The van der Waals surface area contributed by atoms with Gasteiger partial charge in [-0.2, -0.15) is 5.10 Å². The van der Waals surface area contributed by atoms with Gasteiger partial charge in [0.15, 0.2) is 5.84 Å². The van der Waals surface area contributed by atoms with Crippen LogP contribution in [-0.2, 0) is 4.79 Å². The second-order valence-corrected chi connectivity index (χ2v) is 7.11. The van der Waals surface area contributed by atoms with E-state index in [0.717, 1.165) is 35.8 Å².